The third-order valence-corrected chi connectivity index (χ3v) is 6.11. The monoisotopic (exact) mass is 443 g/mol. The van der Waals surface area contributed by atoms with Gasteiger partial charge >= 0.3 is 12.1 Å². The number of nitrogens with zero attached hydrogens (tertiary/aromatic N) is 1. The first-order valence-electron chi connectivity index (χ1n) is 10.6. The number of carbonyl (C=O) groups is 3. The number of pyridine rings is 1. The second-order valence-electron chi connectivity index (χ2n) is 8.22. The van der Waals surface area contributed by atoms with Crippen LogP contribution < -0.4 is 10.6 Å². The molecule has 1 saturated carbocycles. The molecule has 0 bridgehead atoms. The molecule has 0 radical (unpaired) electrons. The first-order valence-corrected chi connectivity index (χ1v) is 10.6. The smallest absolute Gasteiger partial charge is 0.408 e. The first kappa shape index (κ1) is 20.7. The molecule has 1 heterocycles. The van der Waals surface area contributed by atoms with E-state index in [1.54, 1.807) is 0 Å². The van der Waals surface area contributed by atoms with Gasteiger partial charge in [0, 0.05) is 5.92 Å². The first-order chi connectivity index (χ1) is 16.0. The van der Waals surface area contributed by atoms with Crippen molar-refractivity contribution in [1.82, 2.24) is 10.3 Å². The molecule has 0 unspecified atom stereocenters. The average molecular weight is 443 g/mol. The number of nitrogens with one attached hydrogen (secondary N) is 2. The van der Waals surface area contributed by atoms with E-state index in [9.17, 15) is 14.4 Å². The number of carboxylic acid groups (broad SMARTS) is 1. The molecule has 3 N–H and O–H groups in total. The number of benzene rings is 2. The summed E-state index contributed by atoms with van der Waals surface area (Å²) in [5, 5.41) is 14.3. The molecule has 8 heteroatoms. The SMILES string of the molecule is O=C(NC1(C(=O)Nc2ccc(C(=O)O)nc2)CC1)OCC1c2ccccc2-c2ccccc21. The molecule has 2 aliphatic rings. The van der Waals surface area contributed by atoms with Crippen molar-refractivity contribution >= 4 is 23.7 Å². The summed E-state index contributed by atoms with van der Waals surface area (Å²) in [4.78, 5) is 40.0. The summed E-state index contributed by atoms with van der Waals surface area (Å²) < 4.78 is 5.55. The quantitative estimate of drug-likeness (QED) is 0.534. The minimum Gasteiger partial charge on any atom is -0.477 e. The number of alkyl carbamates (subject to hydrolysis) is 1. The normalized spacial score (nSPS) is 15.2. The lowest BCUT2D eigenvalue weighted by atomic mass is 9.98. The second-order valence-corrected chi connectivity index (χ2v) is 8.22. The van der Waals surface area contributed by atoms with E-state index < -0.39 is 17.6 Å². The van der Waals surface area contributed by atoms with E-state index in [4.69, 9.17) is 9.84 Å². The summed E-state index contributed by atoms with van der Waals surface area (Å²) in [7, 11) is 0. The van der Waals surface area contributed by atoms with Crippen molar-refractivity contribution in [3.8, 4) is 11.1 Å². The fourth-order valence-electron chi connectivity index (χ4n) is 4.21. The summed E-state index contributed by atoms with van der Waals surface area (Å²) in [6, 6.07) is 18.9. The highest BCUT2D eigenvalue weighted by Gasteiger charge is 2.51. The number of aromatic nitrogens is 1. The molecule has 0 atom stereocenters. The minimum atomic E-state index is -1.15. The number of carbonyl (C=O) groups excluding carboxylic acids is 2. The predicted molar refractivity (Wildman–Crippen MR) is 120 cm³/mol. The van der Waals surface area contributed by atoms with Crippen LogP contribution in [0.2, 0.25) is 0 Å². The Labute approximate surface area is 189 Å². The predicted octanol–water partition coefficient (Wildman–Crippen LogP) is 3.79. The van der Waals surface area contributed by atoms with Gasteiger partial charge in [0.1, 0.15) is 17.8 Å². The summed E-state index contributed by atoms with van der Waals surface area (Å²) in [6.07, 6.45) is 1.60. The van der Waals surface area contributed by atoms with E-state index in [-0.39, 0.29) is 24.1 Å². The van der Waals surface area contributed by atoms with Crippen molar-refractivity contribution in [2.24, 2.45) is 0 Å². The summed E-state index contributed by atoms with van der Waals surface area (Å²) >= 11 is 0. The van der Waals surface area contributed by atoms with Gasteiger partial charge in [-0.3, -0.25) is 4.79 Å². The Balaban J connectivity index is 1.22. The molecule has 1 aromatic heterocycles. The Morgan fingerprint density at radius 1 is 0.970 bits per heavy atom. The average Bonchev–Trinajstić information content (AvgIpc) is 3.53. The molecule has 5 rings (SSSR count). The van der Waals surface area contributed by atoms with Crippen LogP contribution in [0, 0.1) is 0 Å². The number of aromatic carboxylic acids is 1. The Morgan fingerprint density at radius 2 is 1.61 bits per heavy atom. The van der Waals surface area contributed by atoms with E-state index in [2.05, 4.69) is 27.8 Å². The topological polar surface area (TPSA) is 118 Å². The zero-order valence-corrected chi connectivity index (χ0v) is 17.6. The van der Waals surface area contributed by atoms with Crippen LogP contribution >= 0.6 is 0 Å². The van der Waals surface area contributed by atoms with Gasteiger partial charge in [0.05, 0.1) is 11.9 Å². The van der Waals surface area contributed by atoms with Gasteiger partial charge < -0.3 is 20.5 Å². The van der Waals surface area contributed by atoms with Crippen molar-refractivity contribution in [3.63, 3.8) is 0 Å². The Hall–Kier alpha value is -4.20. The third kappa shape index (κ3) is 3.91. The van der Waals surface area contributed by atoms with Gasteiger partial charge in [-0.25, -0.2) is 14.6 Å². The lowest BCUT2D eigenvalue weighted by Gasteiger charge is -2.19. The van der Waals surface area contributed by atoms with E-state index in [0.717, 1.165) is 22.3 Å². The maximum atomic E-state index is 12.7. The van der Waals surface area contributed by atoms with Crippen molar-refractivity contribution in [2.45, 2.75) is 24.3 Å². The van der Waals surface area contributed by atoms with Crippen LogP contribution in [0.4, 0.5) is 10.5 Å². The number of amides is 2. The number of hydrogen-bond acceptors (Lipinski definition) is 5. The lowest BCUT2D eigenvalue weighted by Crippen LogP contribution is -2.46. The molecule has 2 aromatic carbocycles. The van der Waals surface area contributed by atoms with Gasteiger partial charge in [-0.1, -0.05) is 48.5 Å². The zero-order chi connectivity index (χ0) is 23.0. The van der Waals surface area contributed by atoms with Crippen molar-refractivity contribution in [3.05, 3.63) is 83.7 Å². The molecule has 1 fully saturated rings. The number of fused-ring (bicyclic) bond motifs is 3. The molecule has 3 aromatic rings. The largest absolute Gasteiger partial charge is 0.477 e. The lowest BCUT2D eigenvalue weighted by molar-refractivity contribution is -0.119. The van der Waals surface area contributed by atoms with Crippen molar-refractivity contribution in [1.29, 1.82) is 0 Å². The van der Waals surface area contributed by atoms with E-state index in [1.807, 2.05) is 36.4 Å². The van der Waals surface area contributed by atoms with Crippen LogP contribution in [0.25, 0.3) is 11.1 Å². The van der Waals surface area contributed by atoms with Crippen LogP contribution in [-0.2, 0) is 9.53 Å². The van der Waals surface area contributed by atoms with Crippen LogP contribution in [0.3, 0.4) is 0 Å². The molecule has 33 heavy (non-hydrogen) atoms. The van der Waals surface area contributed by atoms with E-state index >= 15 is 0 Å². The van der Waals surface area contributed by atoms with Crippen LogP contribution in [0.15, 0.2) is 66.9 Å². The van der Waals surface area contributed by atoms with Crippen molar-refractivity contribution in [2.75, 3.05) is 11.9 Å². The Kier molecular flexibility index (Phi) is 5.05. The highest BCUT2D eigenvalue weighted by atomic mass is 16.5. The fourth-order valence-corrected chi connectivity index (χ4v) is 4.21. The van der Waals surface area contributed by atoms with Crippen molar-refractivity contribution < 1.29 is 24.2 Å². The molecule has 2 amide bonds. The molecular weight excluding hydrogens is 422 g/mol. The van der Waals surface area contributed by atoms with Gasteiger partial charge in [0.2, 0.25) is 5.91 Å². The molecule has 0 saturated heterocycles. The van der Waals surface area contributed by atoms with Gasteiger partial charge in [0.15, 0.2) is 0 Å². The zero-order valence-electron chi connectivity index (χ0n) is 17.6. The maximum absolute atomic E-state index is 12.7. The van der Waals surface area contributed by atoms with Crippen LogP contribution in [0.5, 0.6) is 0 Å². The Bertz CT molecular complexity index is 1210. The number of ether oxygens (including phenoxy) is 1. The number of carboxylic acids is 1. The molecular formula is C25H21N3O5. The van der Waals surface area contributed by atoms with Gasteiger partial charge in [-0.15, -0.1) is 0 Å². The number of anilines is 1. The molecule has 0 spiro atoms. The van der Waals surface area contributed by atoms with E-state index in [0.29, 0.717) is 18.5 Å². The maximum Gasteiger partial charge on any atom is 0.408 e. The van der Waals surface area contributed by atoms with Crippen LogP contribution in [-0.4, -0.2) is 40.2 Å². The summed E-state index contributed by atoms with van der Waals surface area (Å²) in [5.41, 5.74) is 3.71. The highest BCUT2D eigenvalue weighted by Crippen LogP contribution is 2.44. The number of rotatable bonds is 6. The molecule has 8 nitrogen and oxygen atoms in total. The Morgan fingerprint density at radius 3 is 2.15 bits per heavy atom. The van der Waals surface area contributed by atoms with Gasteiger partial charge in [-0.05, 0) is 47.2 Å². The fraction of sp³-hybridized carbons (Fsp3) is 0.200. The molecule has 0 aliphatic heterocycles. The van der Waals surface area contributed by atoms with E-state index in [1.165, 1.54) is 18.3 Å². The van der Waals surface area contributed by atoms with Crippen LogP contribution in [0.1, 0.15) is 40.4 Å². The summed E-state index contributed by atoms with van der Waals surface area (Å²) in [6.45, 7) is 0.165. The second kappa shape index (κ2) is 8.05. The molecule has 2 aliphatic carbocycles. The molecule has 166 valence electrons. The standard InChI is InChI=1S/C25H21N3O5/c29-22(30)21-10-9-15(13-26-21)27-23(31)25(11-12-25)28-24(32)33-14-20-18-7-3-1-5-16(18)17-6-2-4-8-19(17)20/h1-10,13,20H,11-12,14H2,(H,27,31)(H,28,32)(H,29,30). The number of hydrogen-bond donors (Lipinski definition) is 3. The highest BCUT2D eigenvalue weighted by molar-refractivity contribution is 6.02. The van der Waals surface area contributed by atoms with Gasteiger partial charge in [0.25, 0.3) is 0 Å². The third-order valence-electron chi connectivity index (χ3n) is 6.11. The van der Waals surface area contributed by atoms with Gasteiger partial charge in [-0.2, -0.15) is 0 Å². The minimum absolute atomic E-state index is 0.0639. The summed E-state index contributed by atoms with van der Waals surface area (Å²) in [5.74, 6) is -1.60.